The molecule has 90 valence electrons. The van der Waals surface area contributed by atoms with Crippen LogP contribution in [0.25, 0.3) is 0 Å². The van der Waals surface area contributed by atoms with E-state index in [4.69, 9.17) is 11.6 Å². The maximum Gasteiger partial charge on any atom is 0.113 e. The number of halogens is 2. The first-order chi connectivity index (χ1) is 8.11. The summed E-state index contributed by atoms with van der Waals surface area (Å²) in [4.78, 5) is 2.26. The second-order valence-electron chi connectivity index (χ2n) is 3.73. The van der Waals surface area contributed by atoms with E-state index in [9.17, 15) is 5.11 Å². The van der Waals surface area contributed by atoms with Crippen molar-refractivity contribution in [2.75, 3.05) is 0 Å². The number of hydrogen-bond donors (Lipinski definition) is 1. The van der Waals surface area contributed by atoms with Crippen LogP contribution in [0.2, 0.25) is 5.02 Å². The van der Waals surface area contributed by atoms with E-state index >= 15 is 0 Å². The lowest BCUT2D eigenvalue weighted by Gasteiger charge is -2.09. The zero-order valence-corrected chi connectivity index (χ0v) is 13.0. The van der Waals surface area contributed by atoms with Crippen LogP contribution in [0.1, 0.15) is 28.3 Å². The fraction of sp³-hybridized carbons (Fsp3) is 0.231. The SMILES string of the molecule is CCc1ccc(C(O)c2ccc(I)c(Cl)c2)s1. The number of aliphatic hydroxyl groups excluding tert-OH is 1. The largest absolute Gasteiger partial charge is 0.383 e. The van der Waals surface area contributed by atoms with Crippen LogP contribution in [0, 0.1) is 3.57 Å². The molecule has 2 rings (SSSR count). The van der Waals surface area contributed by atoms with E-state index in [1.165, 1.54) is 4.88 Å². The van der Waals surface area contributed by atoms with E-state index in [1.54, 1.807) is 11.3 Å². The molecule has 0 aliphatic rings. The normalized spacial score (nSPS) is 12.7. The quantitative estimate of drug-likeness (QED) is 0.771. The van der Waals surface area contributed by atoms with Crippen LogP contribution in [0.15, 0.2) is 30.3 Å². The van der Waals surface area contributed by atoms with Crippen molar-refractivity contribution in [2.24, 2.45) is 0 Å². The highest BCUT2D eigenvalue weighted by Crippen LogP contribution is 2.31. The predicted octanol–water partition coefficient (Wildman–Crippen LogP) is 4.65. The predicted molar refractivity (Wildman–Crippen MR) is 81.9 cm³/mol. The summed E-state index contributed by atoms with van der Waals surface area (Å²) in [7, 11) is 0. The minimum Gasteiger partial charge on any atom is -0.383 e. The number of thiophene rings is 1. The third-order valence-corrected chi connectivity index (χ3v) is 5.41. The average molecular weight is 379 g/mol. The molecule has 1 unspecified atom stereocenters. The average Bonchev–Trinajstić information content (AvgIpc) is 2.80. The van der Waals surface area contributed by atoms with Crippen molar-refractivity contribution in [1.29, 1.82) is 0 Å². The van der Waals surface area contributed by atoms with Crippen molar-refractivity contribution in [2.45, 2.75) is 19.4 Å². The molecular weight excluding hydrogens is 367 g/mol. The fourth-order valence-electron chi connectivity index (χ4n) is 1.58. The Bertz CT molecular complexity index is 524. The van der Waals surface area contributed by atoms with E-state index in [0.29, 0.717) is 5.02 Å². The van der Waals surface area contributed by atoms with Crippen molar-refractivity contribution >= 4 is 45.5 Å². The van der Waals surface area contributed by atoms with Crippen LogP contribution in [0.3, 0.4) is 0 Å². The summed E-state index contributed by atoms with van der Waals surface area (Å²) in [6.07, 6.45) is 0.431. The van der Waals surface area contributed by atoms with Gasteiger partial charge in [-0.1, -0.05) is 24.6 Å². The Morgan fingerprint density at radius 1 is 1.35 bits per heavy atom. The molecule has 4 heteroatoms. The highest BCUT2D eigenvalue weighted by molar-refractivity contribution is 14.1. The lowest BCUT2D eigenvalue weighted by molar-refractivity contribution is 0.224. The second kappa shape index (κ2) is 5.69. The minimum atomic E-state index is -0.574. The summed E-state index contributed by atoms with van der Waals surface area (Å²) < 4.78 is 1.00. The van der Waals surface area contributed by atoms with E-state index in [0.717, 1.165) is 20.4 Å². The van der Waals surface area contributed by atoms with E-state index in [1.807, 2.05) is 24.3 Å². The first-order valence-corrected chi connectivity index (χ1v) is 7.60. The van der Waals surface area contributed by atoms with Crippen molar-refractivity contribution in [3.8, 4) is 0 Å². The molecule has 1 nitrogen and oxygen atoms in total. The van der Waals surface area contributed by atoms with Crippen LogP contribution in [0.4, 0.5) is 0 Å². The Hall–Kier alpha value is -0.100. The molecule has 0 bridgehead atoms. The zero-order valence-electron chi connectivity index (χ0n) is 9.28. The monoisotopic (exact) mass is 378 g/mol. The van der Waals surface area contributed by atoms with Crippen molar-refractivity contribution in [3.05, 3.63) is 54.2 Å². The summed E-state index contributed by atoms with van der Waals surface area (Å²) in [5.41, 5.74) is 0.847. The smallest absolute Gasteiger partial charge is 0.113 e. The van der Waals surface area contributed by atoms with Gasteiger partial charge < -0.3 is 5.11 Å². The van der Waals surface area contributed by atoms with Gasteiger partial charge in [0.25, 0.3) is 0 Å². The molecule has 0 spiro atoms. The minimum absolute atomic E-state index is 0.574. The Balaban J connectivity index is 2.29. The molecule has 0 aliphatic carbocycles. The van der Waals surface area contributed by atoms with Gasteiger partial charge >= 0.3 is 0 Å². The molecule has 0 amide bonds. The third-order valence-electron chi connectivity index (χ3n) is 2.56. The molecule has 2 aromatic rings. The number of aryl methyl sites for hydroxylation is 1. The van der Waals surface area contributed by atoms with Gasteiger partial charge in [-0.2, -0.15) is 0 Å². The Morgan fingerprint density at radius 2 is 2.12 bits per heavy atom. The Labute approximate surface area is 124 Å². The molecule has 1 aromatic heterocycles. The lowest BCUT2D eigenvalue weighted by Crippen LogP contribution is -1.97. The van der Waals surface area contributed by atoms with Gasteiger partial charge in [0.2, 0.25) is 0 Å². The van der Waals surface area contributed by atoms with Gasteiger partial charge in [0.1, 0.15) is 6.10 Å². The van der Waals surface area contributed by atoms with Crippen molar-refractivity contribution in [3.63, 3.8) is 0 Å². The highest BCUT2D eigenvalue weighted by Gasteiger charge is 2.13. The van der Waals surface area contributed by atoms with Gasteiger partial charge in [-0.15, -0.1) is 11.3 Å². The second-order valence-corrected chi connectivity index (χ2v) is 6.50. The number of rotatable bonds is 3. The molecule has 1 N–H and O–H groups in total. The lowest BCUT2D eigenvalue weighted by atomic mass is 10.1. The van der Waals surface area contributed by atoms with Gasteiger partial charge in [-0.3, -0.25) is 0 Å². The highest BCUT2D eigenvalue weighted by atomic mass is 127. The molecule has 1 atom stereocenters. The summed E-state index contributed by atoms with van der Waals surface area (Å²) in [5, 5.41) is 11.0. The van der Waals surface area contributed by atoms with Gasteiger partial charge in [-0.25, -0.2) is 0 Å². The van der Waals surface area contributed by atoms with Crippen molar-refractivity contribution < 1.29 is 5.11 Å². The van der Waals surface area contributed by atoms with Gasteiger partial charge in [-0.05, 0) is 58.8 Å². The van der Waals surface area contributed by atoms with Gasteiger partial charge in [0.15, 0.2) is 0 Å². The molecule has 0 saturated carbocycles. The Morgan fingerprint density at radius 3 is 2.71 bits per heavy atom. The van der Waals surface area contributed by atoms with Gasteiger partial charge in [0.05, 0.1) is 5.02 Å². The topological polar surface area (TPSA) is 20.2 Å². The van der Waals surface area contributed by atoms with E-state index in [2.05, 4.69) is 35.6 Å². The summed E-state index contributed by atoms with van der Waals surface area (Å²) in [6, 6.07) is 9.73. The first kappa shape index (κ1) is 13.3. The molecule has 1 aromatic carbocycles. The fourth-order valence-corrected chi connectivity index (χ4v) is 3.07. The summed E-state index contributed by atoms with van der Waals surface area (Å²) >= 11 is 9.89. The zero-order chi connectivity index (χ0) is 12.4. The van der Waals surface area contributed by atoms with Crippen LogP contribution in [-0.4, -0.2) is 5.11 Å². The molecule has 0 aliphatic heterocycles. The maximum absolute atomic E-state index is 10.3. The first-order valence-electron chi connectivity index (χ1n) is 5.33. The van der Waals surface area contributed by atoms with E-state index in [-0.39, 0.29) is 0 Å². The number of aliphatic hydroxyl groups is 1. The number of benzene rings is 1. The Kier molecular flexibility index (Phi) is 4.47. The van der Waals surface area contributed by atoms with Crippen LogP contribution in [-0.2, 0) is 6.42 Å². The molecule has 17 heavy (non-hydrogen) atoms. The van der Waals surface area contributed by atoms with Crippen LogP contribution in [0.5, 0.6) is 0 Å². The molecule has 0 saturated heterocycles. The summed E-state index contributed by atoms with van der Waals surface area (Å²) in [6.45, 7) is 2.11. The van der Waals surface area contributed by atoms with E-state index < -0.39 is 6.10 Å². The third kappa shape index (κ3) is 3.02. The summed E-state index contributed by atoms with van der Waals surface area (Å²) in [5.74, 6) is 0. The van der Waals surface area contributed by atoms with Crippen LogP contribution < -0.4 is 0 Å². The molecule has 0 radical (unpaired) electrons. The number of hydrogen-bond acceptors (Lipinski definition) is 2. The molecular formula is C13H12ClIOS. The molecule has 0 fully saturated rings. The molecule has 1 heterocycles. The van der Waals surface area contributed by atoms with Crippen LogP contribution >= 0.6 is 45.5 Å². The van der Waals surface area contributed by atoms with Gasteiger partial charge in [0, 0.05) is 13.3 Å². The maximum atomic E-state index is 10.3. The standard InChI is InChI=1S/C13H12ClIOS/c1-2-9-4-6-12(17-9)13(16)8-3-5-11(15)10(14)7-8/h3-7,13,16H,2H2,1H3. The van der Waals surface area contributed by atoms with Crippen molar-refractivity contribution in [1.82, 2.24) is 0 Å².